The lowest BCUT2D eigenvalue weighted by Gasteiger charge is -2.18. The first-order valence-electron chi connectivity index (χ1n) is 25.9. The van der Waals surface area contributed by atoms with E-state index in [4.69, 9.17) is 14.2 Å². The molecule has 0 amide bonds. The molecule has 0 aromatic carbocycles. The summed E-state index contributed by atoms with van der Waals surface area (Å²) in [5.74, 6) is -0.0655. The molecular formula is C52H100O6. The lowest BCUT2D eigenvalue weighted by molar-refractivity contribution is -0.167. The number of carbonyl (C=O) groups is 3. The van der Waals surface area contributed by atoms with Crippen molar-refractivity contribution in [2.24, 2.45) is 5.92 Å². The largest absolute Gasteiger partial charge is 0.462 e. The molecule has 0 rings (SSSR count). The molecule has 6 nitrogen and oxygen atoms in total. The van der Waals surface area contributed by atoms with Gasteiger partial charge in [0.2, 0.25) is 0 Å². The zero-order valence-corrected chi connectivity index (χ0v) is 39.5. The summed E-state index contributed by atoms with van der Waals surface area (Å²) in [5, 5.41) is 0. The Hall–Kier alpha value is -1.59. The molecule has 0 bridgehead atoms. The van der Waals surface area contributed by atoms with E-state index in [-0.39, 0.29) is 31.1 Å². The second-order valence-corrected chi connectivity index (χ2v) is 18.3. The molecule has 6 heteroatoms. The molecule has 0 spiro atoms. The highest BCUT2D eigenvalue weighted by Gasteiger charge is 2.19. The molecule has 0 aromatic rings. The molecule has 0 radical (unpaired) electrons. The first kappa shape index (κ1) is 56.4. The Morgan fingerprint density at radius 1 is 0.328 bits per heavy atom. The monoisotopic (exact) mass is 821 g/mol. The summed E-state index contributed by atoms with van der Waals surface area (Å²) in [5.41, 5.74) is 0. The Morgan fingerprint density at radius 2 is 0.569 bits per heavy atom. The third kappa shape index (κ3) is 45.5. The summed E-state index contributed by atoms with van der Waals surface area (Å²) in [6, 6.07) is 0. The highest BCUT2D eigenvalue weighted by molar-refractivity contribution is 5.71. The Bertz CT molecular complexity index is 872. The topological polar surface area (TPSA) is 78.9 Å². The molecule has 344 valence electrons. The van der Waals surface area contributed by atoms with Gasteiger partial charge in [0.05, 0.1) is 0 Å². The average molecular weight is 821 g/mol. The summed E-state index contributed by atoms with van der Waals surface area (Å²) < 4.78 is 16.8. The smallest absolute Gasteiger partial charge is 0.306 e. The van der Waals surface area contributed by atoms with E-state index < -0.39 is 6.10 Å². The predicted molar refractivity (Wildman–Crippen MR) is 247 cm³/mol. The third-order valence-corrected chi connectivity index (χ3v) is 11.8. The van der Waals surface area contributed by atoms with Crippen LogP contribution in [-0.4, -0.2) is 37.2 Å². The highest BCUT2D eigenvalue weighted by Crippen LogP contribution is 2.17. The molecule has 0 saturated heterocycles. The van der Waals surface area contributed by atoms with Crippen LogP contribution in [0.4, 0.5) is 0 Å². The van der Waals surface area contributed by atoms with Crippen molar-refractivity contribution < 1.29 is 28.6 Å². The van der Waals surface area contributed by atoms with Gasteiger partial charge in [-0.1, -0.05) is 252 Å². The maximum atomic E-state index is 12.8. The van der Waals surface area contributed by atoms with Crippen LogP contribution >= 0.6 is 0 Å². The third-order valence-electron chi connectivity index (χ3n) is 11.8. The Labute approximate surface area is 361 Å². The van der Waals surface area contributed by atoms with Crippen molar-refractivity contribution in [1.29, 1.82) is 0 Å². The van der Waals surface area contributed by atoms with Crippen LogP contribution in [0.3, 0.4) is 0 Å². The van der Waals surface area contributed by atoms with Gasteiger partial charge in [-0.25, -0.2) is 0 Å². The van der Waals surface area contributed by atoms with E-state index in [0.717, 1.165) is 63.7 Å². The van der Waals surface area contributed by atoms with Gasteiger partial charge >= 0.3 is 17.9 Å². The van der Waals surface area contributed by atoms with Gasteiger partial charge in [-0.2, -0.15) is 0 Å². The second-order valence-electron chi connectivity index (χ2n) is 18.3. The molecule has 0 aliphatic rings. The van der Waals surface area contributed by atoms with Crippen LogP contribution in [0, 0.1) is 5.92 Å². The normalized spacial score (nSPS) is 11.9. The number of unbranched alkanes of at least 4 members (excludes halogenated alkanes) is 34. The summed E-state index contributed by atoms with van der Waals surface area (Å²) in [7, 11) is 0. The van der Waals surface area contributed by atoms with Crippen molar-refractivity contribution in [1.82, 2.24) is 0 Å². The molecule has 0 saturated carbocycles. The van der Waals surface area contributed by atoms with Crippen molar-refractivity contribution >= 4 is 17.9 Å². The fraction of sp³-hybridized carbons (Fsp3) is 0.942. The summed E-state index contributed by atoms with van der Waals surface area (Å²) in [6.45, 7) is 8.98. The zero-order chi connectivity index (χ0) is 42.4. The first-order valence-corrected chi connectivity index (χ1v) is 25.9. The number of hydrogen-bond acceptors (Lipinski definition) is 6. The SMILES string of the molecule is CCCCCCCCCCCCCCCCCCC(=O)O[C@@H](COC(=O)CCCCCCCCCCCCCCCC)COC(=O)CCCCCCCCCC(C)C. The van der Waals surface area contributed by atoms with Crippen LogP contribution in [0.2, 0.25) is 0 Å². The molecule has 1 atom stereocenters. The molecule has 0 aromatic heterocycles. The zero-order valence-electron chi connectivity index (χ0n) is 39.5. The van der Waals surface area contributed by atoms with Crippen molar-refractivity contribution in [3.8, 4) is 0 Å². The van der Waals surface area contributed by atoms with Crippen LogP contribution in [-0.2, 0) is 28.6 Å². The molecule has 0 aliphatic carbocycles. The van der Waals surface area contributed by atoms with Gasteiger partial charge in [0.1, 0.15) is 13.2 Å². The number of esters is 3. The van der Waals surface area contributed by atoms with Crippen molar-refractivity contribution in [3.63, 3.8) is 0 Å². The average Bonchev–Trinajstić information content (AvgIpc) is 3.21. The van der Waals surface area contributed by atoms with E-state index >= 15 is 0 Å². The highest BCUT2D eigenvalue weighted by atomic mass is 16.6. The number of rotatable bonds is 47. The van der Waals surface area contributed by atoms with Gasteiger partial charge < -0.3 is 14.2 Å². The van der Waals surface area contributed by atoms with Crippen LogP contribution in [0.15, 0.2) is 0 Å². The molecule has 0 aliphatic heterocycles. The fourth-order valence-corrected chi connectivity index (χ4v) is 7.86. The standard InChI is InChI=1S/C52H100O6/c1-5-7-9-11-13-15-17-19-21-22-24-26-28-32-37-41-45-52(55)58-49(47-57-51(54)44-40-36-33-29-30-34-38-42-48(3)4)46-56-50(53)43-39-35-31-27-25-23-20-18-16-14-12-10-8-6-2/h48-49H,5-47H2,1-4H3/t49-/m0/s1. The fourth-order valence-electron chi connectivity index (χ4n) is 7.86. The molecular weight excluding hydrogens is 721 g/mol. The van der Waals surface area contributed by atoms with E-state index in [9.17, 15) is 14.4 Å². The van der Waals surface area contributed by atoms with E-state index in [2.05, 4.69) is 27.7 Å². The van der Waals surface area contributed by atoms with Crippen LogP contribution in [0.5, 0.6) is 0 Å². The minimum Gasteiger partial charge on any atom is -0.462 e. The lowest BCUT2D eigenvalue weighted by Crippen LogP contribution is -2.30. The second kappa shape index (κ2) is 46.5. The van der Waals surface area contributed by atoms with Crippen molar-refractivity contribution in [3.05, 3.63) is 0 Å². The quantitative estimate of drug-likeness (QED) is 0.0346. The van der Waals surface area contributed by atoms with E-state index in [1.54, 1.807) is 0 Å². The van der Waals surface area contributed by atoms with Gasteiger partial charge in [-0.15, -0.1) is 0 Å². The Kier molecular flexibility index (Phi) is 45.2. The molecule has 0 heterocycles. The van der Waals surface area contributed by atoms with Gasteiger partial charge in [-0.05, 0) is 25.2 Å². The maximum Gasteiger partial charge on any atom is 0.306 e. The van der Waals surface area contributed by atoms with Gasteiger partial charge in [-0.3, -0.25) is 14.4 Å². The van der Waals surface area contributed by atoms with Crippen LogP contribution in [0.25, 0.3) is 0 Å². The minimum atomic E-state index is -0.761. The minimum absolute atomic E-state index is 0.0633. The Morgan fingerprint density at radius 3 is 0.845 bits per heavy atom. The van der Waals surface area contributed by atoms with Gasteiger partial charge in [0.25, 0.3) is 0 Å². The molecule has 58 heavy (non-hydrogen) atoms. The first-order chi connectivity index (χ1) is 28.4. The maximum absolute atomic E-state index is 12.8. The van der Waals surface area contributed by atoms with Gasteiger partial charge in [0.15, 0.2) is 6.10 Å². The number of hydrogen-bond donors (Lipinski definition) is 0. The summed E-state index contributed by atoms with van der Waals surface area (Å²) >= 11 is 0. The van der Waals surface area contributed by atoms with E-state index in [1.165, 1.54) is 186 Å². The molecule has 0 unspecified atom stereocenters. The van der Waals surface area contributed by atoms with E-state index in [0.29, 0.717) is 19.3 Å². The van der Waals surface area contributed by atoms with E-state index in [1.807, 2.05) is 0 Å². The predicted octanol–water partition coefficient (Wildman–Crippen LogP) is 16.7. The Balaban J connectivity index is 4.29. The van der Waals surface area contributed by atoms with Crippen LogP contribution in [0.1, 0.15) is 291 Å². The van der Waals surface area contributed by atoms with Crippen molar-refractivity contribution in [2.75, 3.05) is 13.2 Å². The van der Waals surface area contributed by atoms with Crippen LogP contribution < -0.4 is 0 Å². The number of carbonyl (C=O) groups excluding carboxylic acids is 3. The molecule has 0 N–H and O–H groups in total. The summed E-state index contributed by atoms with van der Waals surface area (Å²) in [6.07, 6.45) is 48.1. The van der Waals surface area contributed by atoms with Crippen molar-refractivity contribution in [2.45, 2.75) is 297 Å². The molecule has 0 fully saturated rings. The van der Waals surface area contributed by atoms with Gasteiger partial charge in [0, 0.05) is 19.3 Å². The lowest BCUT2D eigenvalue weighted by atomic mass is 10.0. The number of ether oxygens (including phenoxy) is 3. The summed E-state index contributed by atoms with van der Waals surface area (Å²) in [4.78, 5) is 37.9.